The van der Waals surface area contributed by atoms with Crippen LogP contribution in [0.15, 0.2) is 0 Å². The van der Waals surface area contributed by atoms with Gasteiger partial charge in [0.15, 0.2) is 0 Å². The predicted molar refractivity (Wildman–Crippen MR) is 123 cm³/mol. The van der Waals surface area contributed by atoms with Crippen LogP contribution in [0.4, 0.5) is 0 Å². The van der Waals surface area contributed by atoms with Gasteiger partial charge in [-0.05, 0) is 25.7 Å². The Bertz CT molecular complexity index is 320. The first-order valence-corrected chi connectivity index (χ1v) is 14.8. The van der Waals surface area contributed by atoms with Gasteiger partial charge in [0.25, 0.3) is 5.25 Å². The highest BCUT2D eigenvalue weighted by molar-refractivity contribution is 6.79. The number of rotatable bonds is 19. The van der Waals surface area contributed by atoms with Gasteiger partial charge in [-0.1, -0.05) is 55.0 Å². The predicted octanol–water partition coefficient (Wildman–Crippen LogP) is 7.08. The minimum atomic E-state index is -1.52. The van der Waals surface area contributed by atoms with Crippen LogP contribution < -0.4 is 0 Å². The van der Waals surface area contributed by atoms with E-state index in [1.54, 1.807) is 21.3 Å². The summed E-state index contributed by atoms with van der Waals surface area (Å²) in [5, 5.41) is -1.24. The summed E-state index contributed by atoms with van der Waals surface area (Å²) in [6.45, 7) is 0. The van der Waals surface area contributed by atoms with E-state index in [1.165, 1.54) is 37.4 Å². The lowest BCUT2D eigenvalue weighted by Crippen LogP contribution is -2.44. The molecule has 0 N–H and O–H groups in total. The maximum Gasteiger partial charge on any atom is 0.275 e. The Labute approximate surface area is 187 Å². The highest BCUT2D eigenvalue weighted by Gasteiger charge is 2.40. The number of unbranched alkanes of at least 4 members (excludes halogenated alkanes) is 3. The topological polar surface area (TPSA) is 27.7 Å². The second-order valence-electron chi connectivity index (χ2n) is 7.19. The molecular weight excluding hydrogens is 446 g/mol. The first kappa shape index (κ1) is 28.3. The van der Waals surface area contributed by atoms with Crippen LogP contribution in [0.5, 0.6) is 0 Å². The average Bonchev–Trinajstić information content (AvgIpc) is 2.68. The molecule has 0 aliphatic rings. The Morgan fingerprint density at radius 3 is 1.41 bits per heavy atom. The zero-order chi connectivity index (χ0) is 20.6. The van der Waals surface area contributed by atoms with Crippen molar-refractivity contribution in [1.82, 2.24) is 0 Å². The van der Waals surface area contributed by atoms with Gasteiger partial charge < -0.3 is 14.2 Å². The summed E-state index contributed by atoms with van der Waals surface area (Å²) >= 11 is 24.3. The van der Waals surface area contributed by atoms with Crippen molar-refractivity contribution < 1.29 is 14.2 Å². The molecule has 0 aromatic rings. The second-order valence-corrected chi connectivity index (χ2v) is 13.9. The Morgan fingerprint density at radius 1 is 0.704 bits per heavy atom. The number of hydrogen-bond donors (Lipinski definition) is 0. The van der Waals surface area contributed by atoms with E-state index in [1.807, 2.05) is 0 Å². The molecule has 0 spiro atoms. The minimum Gasteiger partial charge on any atom is -0.374 e. The van der Waals surface area contributed by atoms with E-state index in [0.29, 0.717) is 0 Å². The zero-order valence-electron chi connectivity index (χ0n) is 17.2. The third kappa shape index (κ3) is 11.3. The Hall–Kier alpha value is 1.26. The van der Waals surface area contributed by atoms with Crippen molar-refractivity contribution in [3.63, 3.8) is 0 Å². The van der Waals surface area contributed by atoms with E-state index in [2.05, 4.69) is 0 Å². The average molecular weight is 484 g/mol. The van der Waals surface area contributed by atoms with Gasteiger partial charge in [-0.3, -0.25) is 0 Å². The van der Waals surface area contributed by atoms with Gasteiger partial charge in [0.1, 0.15) is 6.10 Å². The molecule has 0 radical (unpaired) electrons. The van der Waals surface area contributed by atoms with Crippen LogP contribution in [0.1, 0.15) is 44.9 Å². The molecule has 3 nitrogen and oxygen atoms in total. The molecule has 1 unspecified atom stereocenters. The van der Waals surface area contributed by atoms with Crippen molar-refractivity contribution in [2.45, 2.75) is 80.5 Å². The third-order valence-corrected chi connectivity index (χ3v) is 12.4. The lowest BCUT2D eigenvalue weighted by Gasteiger charge is -2.37. The van der Waals surface area contributed by atoms with Crippen molar-refractivity contribution >= 4 is 54.5 Å². The van der Waals surface area contributed by atoms with Gasteiger partial charge in [-0.25, -0.2) is 0 Å². The summed E-state index contributed by atoms with van der Waals surface area (Å²) in [4.78, 5) is 0. The highest BCUT2D eigenvalue weighted by atomic mass is 35.5. The standard InChI is InChI=1S/C19H38Cl4O3Si/c1-24-18(19(23,25-2)26-3)10-17-27(14-7-4-11-20,15-8-5-12-21)16-9-6-13-22/h18H,4-17H2,1-3H3. The largest absolute Gasteiger partial charge is 0.374 e. The van der Waals surface area contributed by atoms with Gasteiger partial charge in [-0.2, -0.15) is 0 Å². The molecule has 0 bridgehead atoms. The molecule has 0 amide bonds. The smallest absolute Gasteiger partial charge is 0.275 e. The molecule has 0 saturated carbocycles. The van der Waals surface area contributed by atoms with E-state index < -0.39 is 13.3 Å². The normalized spacial score (nSPS) is 13.9. The number of alkyl halides is 4. The number of ether oxygens (including phenoxy) is 3. The third-order valence-electron chi connectivity index (χ3n) is 5.43. The van der Waals surface area contributed by atoms with Crippen LogP contribution in [-0.2, 0) is 14.2 Å². The molecule has 1 atom stereocenters. The van der Waals surface area contributed by atoms with Crippen molar-refractivity contribution in [2.75, 3.05) is 39.0 Å². The van der Waals surface area contributed by atoms with E-state index in [9.17, 15) is 0 Å². The first-order chi connectivity index (χ1) is 13.0. The quantitative estimate of drug-likeness (QED) is 0.0849. The summed E-state index contributed by atoms with van der Waals surface area (Å²) < 4.78 is 16.4. The molecule has 27 heavy (non-hydrogen) atoms. The van der Waals surface area contributed by atoms with Gasteiger partial charge in [0.2, 0.25) is 0 Å². The number of hydrogen-bond acceptors (Lipinski definition) is 3. The van der Waals surface area contributed by atoms with Crippen LogP contribution in [0.25, 0.3) is 0 Å². The van der Waals surface area contributed by atoms with Crippen molar-refractivity contribution in [1.29, 1.82) is 0 Å². The van der Waals surface area contributed by atoms with Crippen LogP contribution >= 0.6 is 46.4 Å². The second kappa shape index (κ2) is 17.0. The van der Waals surface area contributed by atoms with Crippen LogP contribution in [0.2, 0.25) is 24.2 Å². The minimum absolute atomic E-state index is 0.310. The number of halogens is 4. The SMILES string of the molecule is COC(CC[Si](CCCCCl)(CCCCCl)CCCCCl)C(Cl)(OC)OC. The Balaban J connectivity index is 5.21. The fraction of sp³-hybridized carbons (Fsp3) is 1.00. The van der Waals surface area contributed by atoms with Crippen molar-refractivity contribution in [3.05, 3.63) is 0 Å². The summed E-state index contributed by atoms with van der Waals surface area (Å²) in [5.74, 6) is 2.19. The zero-order valence-corrected chi connectivity index (χ0v) is 21.2. The molecule has 0 aliphatic carbocycles. The first-order valence-electron chi connectivity index (χ1n) is 9.97. The van der Waals surface area contributed by atoms with Crippen LogP contribution in [-0.4, -0.2) is 58.4 Å². The highest BCUT2D eigenvalue weighted by Crippen LogP contribution is 2.37. The molecule has 0 aromatic heterocycles. The fourth-order valence-electron chi connectivity index (χ4n) is 3.75. The van der Waals surface area contributed by atoms with E-state index in [0.717, 1.165) is 49.4 Å². The van der Waals surface area contributed by atoms with Gasteiger partial charge in [0.05, 0.1) is 8.07 Å². The van der Waals surface area contributed by atoms with Crippen molar-refractivity contribution in [2.24, 2.45) is 0 Å². The molecular formula is C19H38Cl4O3Si. The maximum atomic E-state index is 6.48. The van der Waals surface area contributed by atoms with Gasteiger partial charge in [-0.15, -0.1) is 34.8 Å². The van der Waals surface area contributed by atoms with Gasteiger partial charge in [0, 0.05) is 39.0 Å². The molecule has 0 saturated heterocycles. The molecule has 0 heterocycles. The van der Waals surface area contributed by atoms with E-state index in [-0.39, 0.29) is 6.10 Å². The maximum absolute atomic E-state index is 6.48. The lowest BCUT2D eigenvalue weighted by atomic mass is 10.2. The molecule has 0 rings (SSSR count). The molecule has 0 aromatic carbocycles. The lowest BCUT2D eigenvalue weighted by molar-refractivity contribution is -0.207. The molecule has 164 valence electrons. The van der Waals surface area contributed by atoms with Crippen molar-refractivity contribution in [3.8, 4) is 0 Å². The van der Waals surface area contributed by atoms with E-state index >= 15 is 0 Å². The van der Waals surface area contributed by atoms with Gasteiger partial charge >= 0.3 is 0 Å². The molecule has 0 fully saturated rings. The summed E-state index contributed by atoms with van der Waals surface area (Å²) in [6, 6.07) is 5.00. The molecule has 8 heteroatoms. The van der Waals surface area contributed by atoms with Crippen LogP contribution in [0.3, 0.4) is 0 Å². The number of methoxy groups -OCH3 is 3. The summed E-state index contributed by atoms with van der Waals surface area (Å²) in [7, 11) is 3.25. The van der Waals surface area contributed by atoms with Crippen LogP contribution in [0, 0.1) is 0 Å². The molecule has 0 aliphatic heterocycles. The fourth-order valence-corrected chi connectivity index (χ4v) is 9.89. The Morgan fingerprint density at radius 2 is 1.11 bits per heavy atom. The summed E-state index contributed by atoms with van der Waals surface area (Å²) in [6.07, 6.45) is 7.31. The van der Waals surface area contributed by atoms with E-state index in [4.69, 9.17) is 60.6 Å². The monoisotopic (exact) mass is 482 g/mol. The summed E-state index contributed by atoms with van der Waals surface area (Å²) in [5.41, 5.74) is 0. The Kier molecular flexibility index (Phi) is 17.8.